The first-order chi connectivity index (χ1) is 11.5. The van der Waals surface area contributed by atoms with Gasteiger partial charge in [0.15, 0.2) is 0 Å². The molecule has 1 N–H and O–H groups in total. The van der Waals surface area contributed by atoms with E-state index in [2.05, 4.69) is 4.90 Å². The van der Waals surface area contributed by atoms with Crippen LogP contribution in [0.15, 0.2) is 52.2 Å². The highest BCUT2D eigenvalue weighted by Crippen LogP contribution is 2.22. The molecule has 0 spiro atoms. The number of sulfonamides is 1. The predicted molar refractivity (Wildman–Crippen MR) is 87.5 cm³/mol. The maximum absolute atomic E-state index is 12.4. The molecule has 2 heterocycles. The van der Waals surface area contributed by atoms with E-state index in [1.54, 1.807) is 12.1 Å². The second-order valence-corrected chi connectivity index (χ2v) is 7.43. The minimum Gasteiger partial charge on any atom is -0.481 e. The van der Waals surface area contributed by atoms with Crippen LogP contribution in [0.4, 0.5) is 5.69 Å². The van der Waals surface area contributed by atoms with E-state index in [1.807, 2.05) is 18.2 Å². The molecule has 1 aromatic heterocycles. The number of benzene rings is 1. The normalized spacial score (nSPS) is 16.2. The second kappa shape index (κ2) is 6.66. The first-order valence-electron chi connectivity index (χ1n) is 7.56. The van der Waals surface area contributed by atoms with Crippen LogP contribution in [0.2, 0.25) is 0 Å². The molecule has 128 valence electrons. The molecule has 0 aliphatic carbocycles. The molecule has 24 heavy (non-hydrogen) atoms. The maximum Gasteiger partial charge on any atom is 0.307 e. The molecule has 7 nitrogen and oxygen atoms in total. The first kappa shape index (κ1) is 16.5. The molecule has 0 saturated carbocycles. The number of carboxylic acids is 1. The molecule has 1 saturated heterocycles. The zero-order valence-electron chi connectivity index (χ0n) is 13.0. The summed E-state index contributed by atoms with van der Waals surface area (Å²) in [7, 11) is -3.59. The van der Waals surface area contributed by atoms with Crippen LogP contribution < -0.4 is 4.90 Å². The molecule has 0 unspecified atom stereocenters. The summed E-state index contributed by atoms with van der Waals surface area (Å²) in [6.45, 7) is 1.78. The minimum atomic E-state index is -3.59. The Morgan fingerprint density at radius 2 is 1.88 bits per heavy atom. The van der Waals surface area contributed by atoms with Crippen molar-refractivity contribution in [2.24, 2.45) is 0 Å². The number of furan rings is 1. The van der Waals surface area contributed by atoms with Crippen molar-refractivity contribution < 1.29 is 22.7 Å². The van der Waals surface area contributed by atoms with E-state index in [0.29, 0.717) is 26.2 Å². The molecule has 0 radical (unpaired) electrons. The van der Waals surface area contributed by atoms with Crippen molar-refractivity contribution in [3.63, 3.8) is 0 Å². The fourth-order valence-corrected chi connectivity index (χ4v) is 4.09. The summed E-state index contributed by atoms with van der Waals surface area (Å²) in [6.07, 6.45) is 1.32. The van der Waals surface area contributed by atoms with Crippen LogP contribution in [0.5, 0.6) is 0 Å². The van der Waals surface area contributed by atoms with E-state index in [-0.39, 0.29) is 11.5 Å². The highest BCUT2D eigenvalue weighted by atomic mass is 32.2. The van der Waals surface area contributed by atoms with Crippen molar-refractivity contribution in [2.75, 3.05) is 31.1 Å². The summed E-state index contributed by atoms with van der Waals surface area (Å²) in [6, 6.07) is 10.3. The Balaban J connectivity index is 1.68. The Morgan fingerprint density at radius 1 is 1.12 bits per heavy atom. The number of nitrogens with zero attached hydrogens (tertiary/aromatic N) is 2. The summed E-state index contributed by atoms with van der Waals surface area (Å²) in [4.78, 5) is 12.9. The van der Waals surface area contributed by atoms with Gasteiger partial charge in [0.25, 0.3) is 10.0 Å². The topological polar surface area (TPSA) is 91.1 Å². The van der Waals surface area contributed by atoms with Crippen molar-refractivity contribution in [1.82, 2.24) is 4.31 Å². The number of hydrogen-bond donors (Lipinski definition) is 1. The fourth-order valence-electron chi connectivity index (χ4n) is 2.76. The van der Waals surface area contributed by atoms with Gasteiger partial charge in [-0.3, -0.25) is 4.79 Å². The van der Waals surface area contributed by atoms with Crippen molar-refractivity contribution in [3.05, 3.63) is 48.2 Å². The fraction of sp³-hybridized carbons (Fsp3) is 0.312. The highest BCUT2D eigenvalue weighted by molar-refractivity contribution is 7.89. The van der Waals surface area contributed by atoms with Crippen molar-refractivity contribution in [1.29, 1.82) is 0 Å². The third-order valence-electron chi connectivity index (χ3n) is 3.96. The third-order valence-corrected chi connectivity index (χ3v) is 5.74. The number of aliphatic carboxylic acids is 1. The van der Waals surface area contributed by atoms with E-state index < -0.39 is 16.0 Å². The van der Waals surface area contributed by atoms with Gasteiger partial charge in [-0.25, -0.2) is 8.42 Å². The second-order valence-electron chi connectivity index (χ2n) is 5.56. The van der Waals surface area contributed by atoms with Crippen LogP contribution in [0.25, 0.3) is 0 Å². The highest BCUT2D eigenvalue weighted by Gasteiger charge is 2.30. The zero-order chi connectivity index (χ0) is 17.2. The van der Waals surface area contributed by atoms with Gasteiger partial charge in [-0.2, -0.15) is 4.31 Å². The van der Waals surface area contributed by atoms with Gasteiger partial charge in [-0.05, 0) is 29.8 Å². The van der Waals surface area contributed by atoms with Crippen LogP contribution in [-0.2, 0) is 21.2 Å². The van der Waals surface area contributed by atoms with E-state index in [9.17, 15) is 13.2 Å². The number of anilines is 1. The lowest BCUT2D eigenvalue weighted by atomic mass is 10.1. The Kier molecular flexibility index (Phi) is 4.59. The van der Waals surface area contributed by atoms with Crippen LogP contribution >= 0.6 is 0 Å². The van der Waals surface area contributed by atoms with Crippen LogP contribution in [0.1, 0.15) is 5.56 Å². The molecule has 3 rings (SSSR count). The summed E-state index contributed by atoms with van der Waals surface area (Å²) >= 11 is 0. The Bertz CT molecular complexity index is 809. The zero-order valence-corrected chi connectivity index (χ0v) is 13.8. The molecule has 0 atom stereocenters. The lowest BCUT2D eigenvalue weighted by Crippen LogP contribution is -2.48. The molecule has 8 heteroatoms. The Labute approximate surface area is 140 Å². The molecule has 1 aromatic carbocycles. The predicted octanol–water partition coefficient (Wildman–Crippen LogP) is 1.42. The molecular weight excluding hydrogens is 332 g/mol. The standard InChI is InChI=1S/C16H18N2O5S/c19-15(20)12-13-3-1-4-14(11-13)17-6-8-18(9-7-17)24(21,22)16-5-2-10-23-16/h1-5,10-11H,6-9,12H2,(H,19,20). The first-order valence-corrected chi connectivity index (χ1v) is 9.00. The van der Waals surface area contributed by atoms with Crippen LogP contribution in [0.3, 0.4) is 0 Å². The number of hydrogen-bond acceptors (Lipinski definition) is 5. The monoisotopic (exact) mass is 350 g/mol. The van der Waals surface area contributed by atoms with Gasteiger partial charge in [0.05, 0.1) is 12.7 Å². The van der Waals surface area contributed by atoms with Crippen LogP contribution in [-0.4, -0.2) is 50.0 Å². The van der Waals surface area contributed by atoms with E-state index in [0.717, 1.165) is 11.3 Å². The number of rotatable bonds is 5. The van der Waals surface area contributed by atoms with Gasteiger partial charge in [-0.1, -0.05) is 12.1 Å². The average molecular weight is 350 g/mol. The van der Waals surface area contributed by atoms with Crippen molar-refractivity contribution in [3.8, 4) is 0 Å². The van der Waals surface area contributed by atoms with E-state index in [4.69, 9.17) is 9.52 Å². The lowest BCUT2D eigenvalue weighted by molar-refractivity contribution is -0.136. The molecule has 0 amide bonds. The van der Waals surface area contributed by atoms with E-state index in [1.165, 1.54) is 16.6 Å². The lowest BCUT2D eigenvalue weighted by Gasteiger charge is -2.35. The molecule has 2 aromatic rings. The molecule has 1 aliphatic heterocycles. The summed E-state index contributed by atoms with van der Waals surface area (Å²) < 4.78 is 31.3. The largest absolute Gasteiger partial charge is 0.481 e. The minimum absolute atomic E-state index is 0.0271. The molecule has 1 aliphatic rings. The summed E-state index contributed by atoms with van der Waals surface area (Å²) in [5.41, 5.74) is 1.63. The van der Waals surface area contributed by atoms with Gasteiger partial charge in [0, 0.05) is 31.9 Å². The average Bonchev–Trinajstić information content (AvgIpc) is 3.10. The molecular formula is C16H18N2O5S. The van der Waals surface area contributed by atoms with Gasteiger partial charge >= 0.3 is 5.97 Å². The maximum atomic E-state index is 12.4. The SMILES string of the molecule is O=C(O)Cc1cccc(N2CCN(S(=O)(=O)c3ccco3)CC2)c1. The number of carbonyl (C=O) groups is 1. The smallest absolute Gasteiger partial charge is 0.307 e. The molecule has 0 bridgehead atoms. The summed E-state index contributed by atoms with van der Waals surface area (Å²) in [5.74, 6) is -0.874. The number of carboxylic acid groups (broad SMARTS) is 1. The quantitative estimate of drug-likeness (QED) is 0.877. The van der Waals surface area contributed by atoms with Crippen molar-refractivity contribution in [2.45, 2.75) is 11.5 Å². The van der Waals surface area contributed by atoms with Gasteiger partial charge in [0.2, 0.25) is 5.09 Å². The van der Waals surface area contributed by atoms with Gasteiger partial charge in [0.1, 0.15) is 0 Å². The number of piperazine rings is 1. The Morgan fingerprint density at radius 3 is 2.50 bits per heavy atom. The van der Waals surface area contributed by atoms with Crippen molar-refractivity contribution >= 4 is 21.7 Å². The third kappa shape index (κ3) is 3.44. The Hall–Kier alpha value is -2.32. The summed E-state index contributed by atoms with van der Waals surface area (Å²) in [5, 5.41) is 8.84. The molecule has 1 fully saturated rings. The van der Waals surface area contributed by atoms with E-state index >= 15 is 0 Å². The van der Waals surface area contributed by atoms with Gasteiger partial charge < -0.3 is 14.4 Å². The van der Waals surface area contributed by atoms with Crippen LogP contribution in [0, 0.1) is 0 Å². The van der Waals surface area contributed by atoms with Gasteiger partial charge in [-0.15, -0.1) is 0 Å².